The second-order valence-electron chi connectivity index (χ2n) is 3.81. The highest BCUT2D eigenvalue weighted by molar-refractivity contribution is 6.30. The Morgan fingerprint density at radius 3 is 3.06 bits per heavy atom. The highest BCUT2D eigenvalue weighted by Gasteiger charge is 2.15. The van der Waals surface area contributed by atoms with Crippen molar-refractivity contribution < 1.29 is 4.79 Å². The fraction of sp³-hybridized carbons (Fsp3) is 0.273. The second kappa shape index (κ2) is 5.59. The van der Waals surface area contributed by atoms with Crippen molar-refractivity contribution in [2.45, 2.75) is 19.5 Å². The van der Waals surface area contributed by atoms with Crippen molar-refractivity contribution in [3.8, 4) is 0 Å². The molecule has 1 N–H and O–H groups in total. The molecular weight excluding hydrogens is 254 g/mol. The van der Waals surface area contributed by atoms with Gasteiger partial charge in [-0.2, -0.15) is 0 Å². The van der Waals surface area contributed by atoms with Crippen LogP contribution in [0.3, 0.4) is 0 Å². The fourth-order valence-corrected chi connectivity index (χ4v) is 1.66. The monoisotopic (exact) mass is 265 g/mol. The Hall–Kier alpha value is -1.95. The molecule has 7 heteroatoms. The molecular formula is C11H12ClN5O. The van der Waals surface area contributed by atoms with Crippen molar-refractivity contribution in [1.29, 1.82) is 0 Å². The molecule has 0 saturated heterocycles. The first-order valence-corrected chi connectivity index (χ1v) is 5.79. The minimum Gasteiger partial charge on any atom is -0.350 e. The van der Waals surface area contributed by atoms with Crippen molar-refractivity contribution in [3.05, 3.63) is 41.2 Å². The van der Waals surface area contributed by atoms with Gasteiger partial charge in [-0.05, 0) is 35.0 Å². The van der Waals surface area contributed by atoms with Gasteiger partial charge in [-0.3, -0.25) is 4.79 Å². The van der Waals surface area contributed by atoms with Crippen LogP contribution in [0, 0.1) is 0 Å². The Balaban J connectivity index is 1.92. The van der Waals surface area contributed by atoms with E-state index in [1.165, 1.54) is 11.0 Å². The largest absolute Gasteiger partial charge is 0.350 e. The Labute approximate surface area is 109 Å². The van der Waals surface area contributed by atoms with Gasteiger partial charge in [-0.25, -0.2) is 4.68 Å². The minimum atomic E-state index is -0.445. The van der Waals surface area contributed by atoms with Crippen LogP contribution in [0.1, 0.15) is 18.5 Å². The van der Waals surface area contributed by atoms with Crippen LogP contribution in [0.25, 0.3) is 0 Å². The summed E-state index contributed by atoms with van der Waals surface area (Å²) in [6.07, 6.45) is 1.41. The van der Waals surface area contributed by atoms with Gasteiger partial charge in [-0.1, -0.05) is 23.7 Å². The van der Waals surface area contributed by atoms with E-state index in [0.717, 1.165) is 5.56 Å². The summed E-state index contributed by atoms with van der Waals surface area (Å²) in [7, 11) is 0. The first-order chi connectivity index (χ1) is 8.66. The number of hydrogen-bond acceptors (Lipinski definition) is 4. The number of carbonyl (C=O) groups is 1. The third kappa shape index (κ3) is 3.04. The third-order valence-electron chi connectivity index (χ3n) is 2.50. The van der Waals surface area contributed by atoms with Crippen LogP contribution in [0.4, 0.5) is 0 Å². The summed E-state index contributed by atoms with van der Waals surface area (Å²) in [5.74, 6) is -0.151. The molecule has 1 aromatic heterocycles. The van der Waals surface area contributed by atoms with Crippen LogP contribution in [-0.4, -0.2) is 26.1 Å². The lowest BCUT2D eigenvalue weighted by Gasteiger charge is -2.11. The summed E-state index contributed by atoms with van der Waals surface area (Å²) in [5, 5.41) is 14.1. The van der Waals surface area contributed by atoms with Crippen molar-refractivity contribution in [2.75, 3.05) is 0 Å². The van der Waals surface area contributed by atoms with Gasteiger partial charge in [0.15, 0.2) is 0 Å². The number of amides is 1. The van der Waals surface area contributed by atoms with E-state index < -0.39 is 6.04 Å². The topological polar surface area (TPSA) is 72.7 Å². The number of aromatic nitrogens is 4. The molecule has 1 heterocycles. The summed E-state index contributed by atoms with van der Waals surface area (Å²) in [5.41, 5.74) is 0.944. The molecule has 0 spiro atoms. The van der Waals surface area contributed by atoms with Crippen molar-refractivity contribution in [3.63, 3.8) is 0 Å². The maximum atomic E-state index is 11.8. The Morgan fingerprint density at radius 2 is 2.39 bits per heavy atom. The molecule has 0 aliphatic rings. The lowest BCUT2D eigenvalue weighted by molar-refractivity contribution is -0.124. The maximum absolute atomic E-state index is 11.8. The first-order valence-electron chi connectivity index (χ1n) is 5.41. The molecule has 2 rings (SSSR count). The zero-order valence-corrected chi connectivity index (χ0v) is 10.5. The van der Waals surface area contributed by atoms with Crippen molar-refractivity contribution >= 4 is 17.5 Å². The molecule has 18 heavy (non-hydrogen) atoms. The van der Waals surface area contributed by atoms with Crippen molar-refractivity contribution in [1.82, 2.24) is 25.5 Å². The van der Waals surface area contributed by atoms with Crippen LogP contribution >= 0.6 is 11.6 Å². The van der Waals surface area contributed by atoms with Crippen LogP contribution in [0.5, 0.6) is 0 Å². The fourth-order valence-electron chi connectivity index (χ4n) is 1.45. The third-order valence-corrected chi connectivity index (χ3v) is 2.73. The first kappa shape index (κ1) is 12.5. The molecule has 2 aromatic rings. The number of tetrazole rings is 1. The standard InChI is InChI=1S/C11H12ClN5O/c1-8(17-7-14-15-16-17)11(18)13-6-9-3-2-4-10(12)5-9/h2-5,7-8H,6H2,1H3,(H,13,18)/t8-/m0/s1. The van der Waals surface area contributed by atoms with E-state index in [0.29, 0.717) is 11.6 Å². The van der Waals surface area contributed by atoms with Gasteiger partial charge in [0.05, 0.1) is 0 Å². The van der Waals surface area contributed by atoms with Gasteiger partial charge in [-0.15, -0.1) is 5.10 Å². The SMILES string of the molecule is C[C@@H](C(=O)NCc1cccc(Cl)c1)n1cnnn1. The summed E-state index contributed by atoms with van der Waals surface area (Å²) in [6.45, 7) is 2.15. The van der Waals surface area contributed by atoms with E-state index in [4.69, 9.17) is 11.6 Å². The van der Waals surface area contributed by atoms with Crippen LogP contribution in [0.2, 0.25) is 5.02 Å². The van der Waals surface area contributed by atoms with Gasteiger partial charge in [0.25, 0.3) is 0 Å². The molecule has 0 unspecified atom stereocenters. The average Bonchev–Trinajstić information content (AvgIpc) is 2.89. The predicted molar refractivity (Wildman–Crippen MR) is 65.8 cm³/mol. The number of benzene rings is 1. The van der Waals surface area contributed by atoms with Gasteiger partial charge in [0, 0.05) is 11.6 Å². The predicted octanol–water partition coefficient (Wildman–Crippen LogP) is 1.20. The quantitative estimate of drug-likeness (QED) is 0.902. The molecule has 6 nitrogen and oxygen atoms in total. The molecule has 0 bridgehead atoms. The molecule has 0 aliphatic carbocycles. The Morgan fingerprint density at radius 1 is 1.56 bits per heavy atom. The zero-order valence-electron chi connectivity index (χ0n) is 9.75. The Kier molecular flexibility index (Phi) is 3.88. The molecule has 1 aromatic carbocycles. The molecule has 0 saturated carbocycles. The second-order valence-corrected chi connectivity index (χ2v) is 4.25. The number of nitrogens with one attached hydrogen (secondary N) is 1. The average molecular weight is 266 g/mol. The van der Waals surface area contributed by atoms with E-state index in [-0.39, 0.29) is 5.91 Å². The van der Waals surface area contributed by atoms with Crippen LogP contribution in [-0.2, 0) is 11.3 Å². The zero-order chi connectivity index (χ0) is 13.0. The minimum absolute atomic E-state index is 0.151. The van der Waals surface area contributed by atoms with E-state index in [1.54, 1.807) is 13.0 Å². The normalized spacial score (nSPS) is 12.1. The molecule has 1 amide bonds. The number of halogens is 1. The number of rotatable bonds is 4. The molecule has 0 radical (unpaired) electrons. The van der Waals surface area contributed by atoms with Crippen LogP contribution < -0.4 is 5.32 Å². The van der Waals surface area contributed by atoms with E-state index in [9.17, 15) is 4.79 Å². The molecule has 1 atom stereocenters. The van der Waals surface area contributed by atoms with Gasteiger partial charge in [0.1, 0.15) is 12.4 Å². The molecule has 94 valence electrons. The molecule has 0 aliphatic heterocycles. The van der Waals surface area contributed by atoms with Gasteiger partial charge in [0.2, 0.25) is 5.91 Å². The number of nitrogens with zero attached hydrogens (tertiary/aromatic N) is 4. The lowest BCUT2D eigenvalue weighted by atomic mass is 10.2. The summed E-state index contributed by atoms with van der Waals surface area (Å²) in [6, 6.07) is 6.89. The summed E-state index contributed by atoms with van der Waals surface area (Å²) in [4.78, 5) is 11.8. The smallest absolute Gasteiger partial charge is 0.244 e. The van der Waals surface area contributed by atoms with E-state index in [1.807, 2.05) is 18.2 Å². The number of hydrogen-bond donors (Lipinski definition) is 1. The lowest BCUT2D eigenvalue weighted by Crippen LogP contribution is -2.30. The summed E-state index contributed by atoms with van der Waals surface area (Å²) >= 11 is 5.86. The highest BCUT2D eigenvalue weighted by Crippen LogP contribution is 2.10. The van der Waals surface area contributed by atoms with E-state index in [2.05, 4.69) is 20.8 Å². The van der Waals surface area contributed by atoms with E-state index >= 15 is 0 Å². The maximum Gasteiger partial charge on any atom is 0.244 e. The van der Waals surface area contributed by atoms with Crippen molar-refractivity contribution in [2.24, 2.45) is 0 Å². The molecule has 0 fully saturated rings. The Bertz CT molecular complexity index is 528. The van der Waals surface area contributed by atoms with Crippen LogP contribution in [0.15, 0.2) is 30.6 Å². The number of carbonyl (C=O) groups excluding carboxylic acids is 1. The highest BCUT2D eigenvalue weighted by atomic mass is 35.5. The summed E-state index contributed by atoms with van der Waals surface area (Å²) < 4.78 is 1.40. The van der Waals surface area contributed by atoms with Gasteiger partial charge >= 0.3 is 0 Å². The van der Waals surface area contributed by atoms with Gasteiger partial charge < -0.3 is 5.32 Å².